The minimum absolute atomic E-state index is 0.0495. The van der Waals surface area contributed by atoms with Crippen molar-refractivity contribution in [2.45, 2.75) is 11.8 Å². The first-order chi connectivity index (χ1) is 13.8. The van der Waals surface area contributed by atoms with E-state index in [1.54, 1.807) is 25.1 Å². The molecule has 1 N–H and O–H groups in total. The molecule has 10 nitrogen and oxygen atoms in total. The maximum atomic E-state index is 12.8. The molecule has 0 bridgehead atoms. The van der Waals surface area contributed by atoms with E-state index < -0.39 is 27.4 Å². The zero-order valence-corrected chi connectivity index (χ0v) is 16.3. The Morgan fingerprint density at radius 1 is 1.14 bits per heavy atom. The topological polar surface area (TPSA) is 128 Å². The van der Waals surface area contributed by atoms with Gasteiger partial charge in [-0.3, -0.25) is 14.9 Å². The number of rotatable bonds is 7. The highest BCUT2D eigenvalue weighted by atomic mass is 32.2. The molecule has 0 atom stereocenters. The van der Waals surface area contributed by atoms with Crippen LogP contribution in [0.5, 0.6) is 11.5 Å². The van der Waals surface area contributed by atoms with E-state index in [-0.39, 0.29) is 17.1 Å². The molecule has 0 aromatic heterocycles. The van der Waals surface area contributed by atoms with Crippen molar-refractivity contribution in [3.8, 4) is 11.5 Å². The van der Waals surface area contributed by atoms with Gasteiger partial charge in [-0.2, -0.15) is 4.31 Å². The summed E-state index contributed by atoms with van der Waals surface area (Å²) in [6.07, 6.45) is 0. The molecule has 3 rings (SSSR count). The number of hydrogen-bond donors (Lipinski definition) is 1. The van der Waals surface area contributed by atoms with E-state index in [1.807, 2.05) is 0 Å². The number of nitro groups is 1. The number of nitrogens with zero attached hydrogens (tertiary/aromatic N) is 2. The molecular formula is C18H19N3O7S. The van der Waals surface area contributed by atoms with Crippen molar-refractivity contribution in [3.63, 3.8) is 0 Å². The Morgan fingerprint density at radius 3 is 2.41 bits per heavy atom. The van der Waals surface area contributed by atoms with E-state index in [1.165, 1.54) is 0 Å². The number of anilines is 1. The summed E-state index contributed by atoms with van der Waals surface area (Å²) in [5, 5.41) is 13.4. The van der Waals surface area contributed by atoms with Crippen molar-refractivity contribution in [2.24, 2.45) is 0 Å². The Labute approximate surface area is 167 Å². The van der Waals surface area contributed by atoms with Gasteiger partial charge in [0.15, 0.2) is 11.5 Å². The van der Waals surface area contributed by atoms with Gasteiger partial charge in [0.05, 0.1) is 16.4 Å². The number of nitrogens with one attached hydrogen (secondary N) is 1. The number of ether oxygens (including phenoxy) is 2. The molecule has 154 valence electrons. The van der Waals surface area contributed by atoms with E-state index in [2.05, 4.69) is 5.32 Å². The lowest BCUT2D eigenvalue weighted by Crippen LogP contribution is -2.37. The number of nitro benzene ring substituents is 1. The van der Waals surface area contributed by atoms with E-state index in [4.69, 9.17) is 9.47 Å². The largest absolute Gasteiger partial charge is 0.486 e. The zero-order chi connectivity index (χ0) is 21.0. The van der Waals surface area contributed by atoms with Crippen LogP contribution in [0.25, 0.3) is 0 Å². The highest BCUT2D eigenvalue weighted by Crippen LogP contribution is 2.32. The molecule has 0 radical (unpaired) electrons. The molecule has 1 heterocycles. The minimum Gasteiger partial charge on any atom is -0.486 e. The molecule has 1 aliphatic rings. The van der Waals surface area contributed by atoms with E-state index in [0.29, 0.717) is 30.4 Å². The molecule has 29 heavy (non-hydrogen) atoms. The molecule has 0 unspecified atom stereocenters. The fourth-order valence-corrected chi connectivity index (χ4v) is 4.14. The SMILES string of the molecule is CCN(CC(=O)Nc1ccc2c(c1)OCCO2)S(=O)(=O)c1ccc([N+](=O)[O-])cc1. The van der Waals surface area contributed by atoms with Crippen molar-refractivity contribution in [1.29, 1.82) is 0 Å². The van der Waals surface area contributed by atoms with Crippen LogP contribution in [0.4, 0.5) is 11.4 Å². The molecule has 0 saturated carbocycles. The van der Waals surface area contributed by atoms with Crippen LogP contribution in [-0.4, -0.2) is 49.9 Å². The van der Waals surface area contributed by atoms with Crippen molar-refractivity contribution >= 4 is 27.3 Å². The molecule has 1 aliphatic heterocycles. The number of carbonyl (C=O) groups excluding carboxylic acids is 1. The third kappa shape index (κ3) is 4.63. The lowest BCUT2D eigenvalue weighted by Gasteiger charge is -2.21. The second-order valence-corrected chi connectivity index (χ2v) is 8.03. The highest BCUT2D eigenvalue weighted by Gasteiger charge is 2.26. The number of amides is 1. The molecule has 0 aliphatic carbocycles. The Bertz CT molecular complexity index is 1020. The van der Waals surface area contributed by atoms with Gasteiger partial charge in [-0.1, -0.05) is 6.92 Å². The lowest BCUT2D eigenvalue weighted by molar-refractivity contribution is -0.384. The number of benzene rings is 2. The quantitative estimate of drug-likeness (QED) is 0.535. The summed E-state index contributed by atoms with van der Waals surface area (Å²) in [7, 11) is -3.99. The number of hydrogen-bond acceptors (Lipinski definition) is 7. The smallest absolute Gasteiger partial charge is 0.269 e. The number of sulfonamides is 1. The molecule has 0 saturated heterocycles. The predicted octanol–water partition coefficient (Wildman–Crippen LogP) is 2.02. The fourth-order valence-electron chi connectivity index (χ4n) is 2.74. The van der Waals surface area contributed by atoms with Crippen LogP contribution in [0, 0.1) is 10.1 Å². The average Bonchev–Trinajstić information content (AvgIpc) is 2.71. The van der Waals surface area contributed by atoms with Crippen LogP contribution in [0.1, 0.15) is 6.92 Å². The van der Waals surface area contributed by atoms with Crippen LogP contribution in [0.2, 0.25) is 0 Å². The molecule has 0 fully saturated rings. The average molecular weight is 421 g/mol. The standard InChI is InChI=1S/C18H19N3O7S/c1-2-20(29(25,26)15-6-4-14(5-7-15)21(23)24)12-18(22)19-13-3-8-16-17(11-13)28-10-9-27-16/h3-8,11H,2,9-10,12H2,1H3,(H,19,22). The monoisotopic (exact) mass is 421 g/mol. The summed E-state index contributed by atoms with van der Waals surface area (Å²) >= 11 is 0. The summed E-state index contributed by atoms with van der Waals surface area (Å²) in [6, 6.07) is 9.41. The summed E-state index contributed by atoms with van der Waals surface area (Å²) in [6.45, 7) is 2.09. The number of likely N-dealkylation sites (N-methyl/N-ethyl adjacent to an activating group) is 1. The summed E-state index contributed by atoms with van der Waals surface area (Å²) in [5.74, 6) is 0.541. The van der Waals surface area contributed by atoms with Crippen LogP contribution in [-0.2, 0) is 14.8 Å². The van der Waals surface area contributed by atoms with Gasteiger partial charge in [0.1, 0.15) is 13.2 Å². The molecular weight excluding hydrogens is 402 g/mol. The van der Waals surface area contributed by atoms with Crippen LogP contribution < -0.4 is 14.8 Å². The minimum atomic E-state index is -3.99. The maximum absolute atomic E-state index is 12.8. The normalized spacial score (nSPS) is 13.2. The molecule has 11 heteroatoms. The maximum Gasteiger partial charge on any atom is 0.269 e. The van der Waals surface area contributed by atoms with E-state index >= 15 is 0 Å². The highest BCUT2D eigenvalue weighted by molar-refractivity contribution is 7.89. The van der Waals surface area contributed by atoms with Gasteiger partial charge in [-0.15, -0.1) is 0 Å². The Hall–Kier alpha value is -3.18. The predicted molar refractivity (Wildman–Crippen MR) is 104 cm³/mol. The second-order valence-electron chi connectivity index (χ2n) is 6.09. The first-order valence-corrected chi connectivity index (χ1v) is 10.2. The van der Waals surface area contributed by atoms with Gasteiger partial charge in [-0.25, -0.2) is 8.42 Å². The van der Waals surface area contributed by atoms with Crippen LogP contribution in [0.3, 0.4) is 0 Å². The van der Waals surface area contributed by atoms with Crippen molar-refractivity contribution in [2.75, 3.05) is 31.6 Å². The first-order valence-electron chi connectivity index (χ1n) is 8.75. The molecule has 2 aromatic carbocycles. The zero-order valence-electron chi connectivity index (χ0n) is 15.5. The lowest BCUT2D eigenvalue weighted by atomic mass is 10.2. The van der Waals surface area contributed by atoms with Gasteiger partial charge in [0, 0.05) is 30.4 Å². The molecule has 2 aromatic rings. The van der Waals surface area contributed by atoms with Gasteiger partial charge in [0.25, 0.3) is 5.69 Å². The Morgan fingerprint density at radius 2 is 1.79 bits per heavy atom. The fraction of sp³-hybridized carbons (Fsp3) is 0.278. The van der Waals surface area contributed by atoms with Crippen molar-refractivity contribution in [3.05, 3.63) is 52.6 Å². The van der Waals surface area contributed by atoms with Crippen molar-refractivity contribution < 1.29 is 27.6 Å². The van der Waals surface area contributed by atoms with Crippen LogP contribution >= 0.6 is 0 Å². The van der Waals surface area contributed by atoms with Gasteiger partial charge in [-0.05, 0) is 24.3 Å². The Kier molecular flexibility index (Phi) is 5.99. The van der Waals surface area contributed by atoms with Gasteiger partial charge < -0.3 is 14.8 Å². The molecule has 0 spiro atoms. The van der Waals surface area contributed by atoms with Gasteiger partial charge >= 0.3 is 0 Å². The second kappa shape index (κ2) is 8.45. The number of non-ortho nitro benzene ring substituents is 1. The summed E-state index contributed by atoms with van der Waals surface area (Å²) < 4.78 is 37.4. The third-order valence-corrected chi connectivity index (χ3v) is 6.12. The van der Waals surface area contributed by atoms with Gasteiger partial charge in [0.2, 0.25) is 15.9 Å². The number of carbonyl (C=O) groups is 1. The molecule has 1 amide bonds. The summed E-state index contributed by atoms with van der Waals surface area (Å²) in [4.78, 5) is 22.4. The van der Waals surface area contributed by atoms with Crippen molar-refractivity contribution in [1.82, 2.24) is 4.31 Å². The summed E-state index contributed by atoms with van der Waals surface area (Å²) in [5.41, 5.74) is 0.228. The number of fused-ring (bicyclic) bond motifs is 1. The Balaban J connectivity index is 1.71. The first kappa shape index (κ1) is 20.6. The third-order valence-electron chi connectivity index (χ3n) is 4.18. The van der Waals surface area contributed by atoms with E-state index in [9.17, 15) is 23.3 Å². The van der Waals surface area contributed by atoms with Crippen LogP contribution in [0.15, 0.2) is 47.4 Å². The van der Waals surface area contributed by atoms with E-state index in [0.717, 1.165) is 28.6 Å².